The van der Waals surface area contributed by atoms with Crippen LogP contribution < -0.4 is 5.73 Å². The monoisotopic (exact) mass is 330 g/mol. The summed E-state index contributed by atoms with van der Waals surface area (Å²) in [6, 6.07) is 3.82. The van der Waals surface area contributed by atoms with Gasteiger partial charge in [-0.05, 0) is 44.4 Å². The Morgan fingerprint density at radius 1 is 1.46 bits per heavy atom. The summed E-state index contributed by atoms with van der Waals surface area (Å²) >= 11 is 0. The maximum Gasteiger partial charge on any atom is 0.259 e. The standard InChI is InChI=1S/C17H22N4O3/c1-11-16(12(2)24-20-11)17(22)21-7-8-23-14(10-21)4-3-13-5-6-19-15(18)9-13/h5-6,9,14H,3-4,7-8,10H2,1-2H3,(H2,18,19)/t14-/m0/s1. The molecule has 3 rings (SSSR count). The van der Waals surface area contributed by atoms with Gasteiger partial charge in [0.05, 0.1) is 18.4 Å². The van der Waals surface area contributed by atoms with Crippen LogP contribution in [0.15, 0.2) is 22.9 Å². The molecule has 7 nitrogen and oxygen atoms in total. The van der Waals surface area contributed by atoms with Gasteiger partial charge in [0.25, 0.3) is 5.91 Å². The maximum atomic E-state index is 12.7. The summed E-state index contributed by atoms with van der Waals surface area (Å²) in [5.41, 5.74) is 8.03. The number of carbonyl (C=O) groups is 1. The molecule has 1 saturated heterocycles. The Labute approximate surface area is 140 Å². The fourth-order valence-corrected chi connectivity index (χ4v) is 3.00. The molecule has 2 aromatic rings. The number of nitrogen functional groups attached to an aromatic ring is 1. The zero-order valence-corrected chi connectivity index (χ0v) is 14.0. The summed E-state index contributed by atoms with van der Waals surface area (Å²) in [4.78, 5) is 18.5. The number of nitrogens with two attached hydrogens (primary N) is 1. The van der Waals surface area contributed by atoms with Crippen LogP contribution in [-0.2, 0) is 11.2 Å². The fraction of sp³-hybridized carbons (Fsp3) is 0.471. The number of rotatable bonds is 4. The second-order valence-corrected chi connectivity index (χ2v) is 6.07. The molecule has 128 valence electrons. The number of morpholine rings is 1. The number of hydrogen-bond acceptors (Lipinski definition) is 6. The smallest absolute Gasteiger partial charge is 0.259 e. The lowest BCUT2D eigenvalue weighted by Gasteiger charge is -2.33. The SMILES string of the molecule is Cc1noc(C)c1C(=O)N1CCO[C@@H](CCc2ccnc(N)c2)C1. The molecule has 1 amide bonds. The molecule has 7 heteroatoms. The topological polar surface area (TPSA) is 94.5 Å². The number of amides is 1. The first kappa shape index (κ1) is 16.4. The van der Waals surface area contributed by atoms with Crippen LogP contribution in [0.25, 0.3) is 0 Å². The van der Waals surface area contributed by atoms with Crippen LogP contribution in [0.5, 0.6) is 0 Å². The molecule has 0 bridgehead atoms. The van der Waals surface area contributed by atoms with Crippen LogP contribution in [0.2, 0.25) is 0 Å². The van der Waals surface area contributed by atoms with Gasteiger partial charge in [0.2, 0.25) is 0 Å². The average molecular weight is 330 g/mol. The van der Waals surface area contributed by atoms with Gasteiger partial charge < -0.3 is 19.9 Å². The molecular weight excluding hydrogens is 308 g/mol. The van der Waals surface area contributed by atoms with E-state index in [9.17, 15) is 4.79 Å². The van der Waals surface area contributed by atoms with E-state index < -0.39 is 0 Å². The highest BCUT2D eigenvalue weighted by molar-refractivity contribution is 5.96. The van der Waals surface area contributed by atoms with Crippen molar-refractivity contribution < 1.29 is 14.1 Å². The number of carbonyl (C=O) groups excluding carboxylic acids is 1. The van der Waals surface area contributed by atoms with Crippen molar-refractivity contribution in [2.45, 2.75) is 32.8 Å². The average Bonchev–Trinajstić information content (AvgIpc) is 2.91. The Balaban J connectivity index is 1.61. The van der Waals surface area contributed by atoms with Gasteiger partial charge in [-0.15, -0.1) is 0 Å². The summed E-state index contributed by atoms with van der Waals surface area (Å²) in [5.74, 6) is 1.05. The van der Waals surface area contributed by atoms with Crippen LogP contribution in [-0.4, -0.2) is 46.7 Å². The van der Waals surface area contributed by atoms with E-state index in [1.807, 2.05) is 17.0 Å². The second kappa shape index (κ2) is 7.00. The summed E-state index contributed by atoms with van der Waals surface area (Å²) in [5, 5.41) is 3.86. The molecule has 2 N–H and O–H groups in total. The molecule has 0 radical (unpaired) electrons. The third kappa shape index (κ3) is 3.56. The van der Waals surface area contributed by atoms with Crippen molar-refractivity contribution in [2.24, 2.45) is 0 Å². The fourth-order valence-electron chi connectivity index (χ4n) is 3.00. The molecule has 0 aromatic carbocycles. The number of pyridine rings is 1. The third-order valence-corrected chi connectivity index (χ3v) is 4.27. The van der Waals surface area contributed by atoms with Gasteiger partial charge in [-0.3, -0.25) is 4.79 Å². The van der Waals surface area contributed by atoms with Crippen LogP contribution in [0.4, 0.5) is 5.82 Å². The number of ether oxygens (including phenoxy) is 1. The van der Waals surface area contributed by atoms with Gasteiger partial charge in [-0.2, -0.15) is 0 Å². The molecule has 3 heterocycles. The number of aromatic nitrogens is 2. The van der Waals surface area contributed by atoms with E-state index in [0.29, 0.717) is 42.5 Å². The summed E-state index contributed by atoms with van der Waals surface area (Å²) in [6.45, 7) is 5.25. The number of anilines is 1. The molecule has 1 fully saturated rings. The van der Waals surface area contributed by atoms with Crippen molar-refractivity contribution in [3.05, 3.63) is 40.9 Å². The van der Waals surface area contributed by atoms with E-state index in [0.717, 1.165) is 18.4 Å². The molecule has 24 heavy (non-hydrogen) atoms. The molecule has 2 aromatic heterocycles. The quantitative estimate of drug-likeness (QED) is 0.917. The molecule has 1 aliphatic rings. The van der Waals surface area contributed by atoms with Gasteiger partial charge in [0, 0.05) is 19.3 Å². The van der Waals surface area contributed by atoms with E-state index in [1.54, 1.807) is 20.0 Å². The van der Waals surface area contributed by atoms with Crippen molar-refractivity contribution in [3.63, 3.8) is 0 Å². The molecule has 1 aliphatic heterocycles. The molecule has 0 aliphatic carbocycles. The lowest BCUT2D eigenvalue weighted by atomic mass is 10.1. The highest BCUT2D eigenvalue weighted by Gasteiger charge is 2.28. The number of nitrogens with zero attached hydrogens (tertiary/aromatic N) is 3. The van der Waals surface area contributed by atoms with Crippen molar-refractivity contribution >= 4 is 11.7 Å². The summed E-state index contributed by atoms with van der Waals surface area (Å²) in [7, 11) is 0. The van der Waals surface area contributed by atoms with Gasteiger partial charge in [-0.25, -0.2) is 4.98 Å². The Hall–Kier alpha value is -2.41. The van der Waals surface area contributed by atoms with Gasteiger partial charge in [0.15, 0.2) is 0 Å². The van der Waals surface area contributed by atoms with Crippen LogP contribution >= 0.6 is 0 Å². The number of aryl methyl sites for hydroxylation is 3. The van der Waals surface area contributed by atoms with Gasteiger partial charge in [0.1, 0.15) is 17.1 Å². The molecule has 0 saturated carbocycles. The minimum atomic E-state index is -0.0345. The van der Waals surface area contributed by atoms with Crippen molar-refractivity contribution in [2.75, 3.05) is 25.4 Å². The van der Waals surface area contributed by atoms with Crippen LogP contribution in [0, 0.1) is 13.8 Å². The Morgan fingerprint density at radius 3 is 3.00 bits per heavy atom. The zero-order valence-electron chi connectivity index (χ0n) is 14.0. The number of hydrogen-bond donors (Lipinski definition) is 1. The van der Waals surface area contributed by atoms with Gasteiger partial charge in [-0.1, -0.05) is 5.16 Å². The van der Waals surface area contributed by atoms with E-state index in [4.69, 9.17) is 15.0 Å². The Morgan fingerprint density at radius 2 is 2.29 bits per heavy atom. The van der Waals surface area contributed by atoms with Crippen molar-refractivity contribution in [1.29, 1.82) is 0 Å². The van der Waals surface area contributed by atoms with E-state index in [2.05, 4.69) is 10.1 Å². The van der Waals surface area contributed by atoms with Gasteiger partial charge >= 0.3 is 0 Å². The van der Waals surface area contributed by atoms with E-state index in [1.165, 1.54) is 0 Å². The third-order valence-electron chi connectivity index (χ3n) is 4.27. The van der Waals surface area contributed by atoms with Crippen molar-refractivity contribution in [3.8, 4) is 0 Å². The first-order valence-corrected chi connectivity index (χ1v) is 8.08. The minimum Gasteiger partial charge on any atom is -0.384 e. The summed E-state index contributed by atoms with van der Waals surface area (Å²) in [6.07, 6.45) is 3.39. The molecule has 0 spiro atoms. The predicted molar refractivity (Wildman–Crippen MR) is 88.6 cm³/mol. The van der Waals surface area contributed by atoms with Crippen molar-refractivity contribution in [1.82, 2.24) is 15.0 Å². The molecule has 0 unspecified atom stereocenters. The minimum absolute atomic E-state index is 0.0116. The predicted octanol–water partition coefficient (Wildman–Crippen LogP) is 1.74. The first-order chi connectivity index (χ1) is 11.5. The van der Waals surface area contributed by atoms with E-state index in [-0.39, 0.29) is 12.0 Å². The molecular formula is C17H22N4O3. The largest absolute Gasteiger partial charge is 0.384 e. The second-order valence-electron chi connectivity index (χ2n) is 6.07. The lowest BCUT2D eigenvalue weighted by molar-refractivity contribution is -0.0246. The first-order valence-electron chi connectivity index (χ1n) is 8.08. The zero-order chi connectivity index (χ0) is 17.1. The highest BCUT2D eigenvalue weighted by Crippen LogP contribution is 2.19. The summed E-state index contributed by atoms with van der Waals surface area (Å²) < 4.78 is 10.9. The lowest BCUT2D eigenvalue weighted by Crippen LogP contribution is -2.46. The molecule has 1 atom stereocenters. The Kier molecular flexibility index (Phi) is 4.80. The van der Waals surface area contributed by atoms with Crippen LogP contribution in [0.1, 0.15) is 33.8 Å². The van der Waals surface area contributed by atoms with E-state index >= 15 is 0 Å². The normalized spacial score (nSPS) is 17.9. The van der Waals surface area contributed by atoms with Crippen LogP contribution in [0.3, 0.4) is 0 Å². The highest BCUT2D eigenvalue weighted by atomic mass is 16.5. The maximum absolute atomic E-state index is 12.7. The Bertz CT molecular complexity index is 709.